The molecule has 3 rings (SSSR count). The van der Waals surface area contributed by atoms with Crippen LogP contribution in [0.15, 0.2) is 41.6 Å². The minimum absolute atomic E-state index is 0.146. The van der Waals surface area contributed by atoms with E-state index in [1.165, 1.54) is 16.4 Å². The van der Waals surface area contributed by atoms with E-state index < -0.39 is 0 Å². The van der Waals surface area contributed by atoms with Crippen molar-refractivity contribution in [3.8, 4) is 11.4 Å². The van der Waals surface area contributed by atoms with Crippen LogP contribution in [0.2, 0.25) is 5.02 Å². The third-order valence-electron chi connectivity index (χ3n) is 4.08. The van der Waals surface area contributed by atoms with Crippen LogP contribution in [0.5, 0.6) is 0 Å². The van der Waals surface area contributed by atoms with Crippen LogP contribution in [0.1, 0.15) is 16.7 Å². The summed E-state index contributed by atoms with van der Waals surface area (Å²) in [6.45, 7) is 5.85. The maximum Gasteiger partial charge on any atom is 0.234 e. The van der Waals surface area contributed by atoms with Gasteiger partial charge < -0.3 is 11.2 Å². The lowest BCUT2D eigenvalue weighted by Gasteiger charge is -2.11. The number of nitrogens with one attached hydrogen (secondary N) is 1. The van der Waals surface area contributed by atoms with Gasteiger partial charge in [-0.15, -0.1) is 10.2 Å². The van der Waals surface area contributed by atoms with Gasteiger partial charge in [-0.1, -0.05) is 53.7 Å². The summed E-state index contributed by atoms with van der Waals surface area (Å²) < 4.78 is 1.41. The molecular formula is C19H20ClN5OS. The average molecular weight is 402 g/mol. The van der Waals surface area contributed by atoms with Gasteiger partial charge in [-0.3, -0.25) is 4.79 Å². The van der Waals surface area contributed by atoms with E-state index in [-0.39, 0.29) is 11.7 Å². The maximum absolute atomic E-state index is 12.3. The van der Waals surface area contributed by atoms with E-state index in [4.69, 9.17) is 17.4 Å². The van der Waals surface area contributed by atoms with Crippen molar-refractivity contribution in [1.82, 2.24) is 14.9 Å². The number of aryl methyl sites for hydroxylation is 3. The molecule has 0 atom stereocenters. The second-order valence-corrected chi connectivity index (χ2v) is 7.62. The molecule has 1 heterocycles. The van der Waals surface area contributed by atoms with Crippen molar-refractivity contribution in [1.29, 1.82) is 0 Å². The van der Waals surface area contributed by atoms with Gasteiger partial charge >= 0.3 is 0 Å². The van der Waals surface area contributed by atoms with E-state index in [1.807, 2.05) is 57.2 Å². The number of carbonyl (C=O) groups is 1. The highest BCUT2D eigenvalue weighted by Crippen LogP contribution is 2.28. The summed E-state index contributed by atoms with van der Waals surface area (Å²) in [7, 11) is 0. The number of nitrogens with two attached hydrogens (primary N) is 1. The Morgan fingerprint density at radius 3 is 2.63 bits per heavy atom. The Kier molecular flexibility index (Phi) is 5.72. The van der Waals surface area contributed by atoms with Gasteiger partial charge in [0.25, 0.3) is 0 Å². The van der Waals surface area contributed by atoms with Gasteiger partial charge in [0.05, 0.1) is 16.5 Å². The number of anilines is 1. The summed E-state index contributed by atoms with van der Waals surface area (Å²) in [6, 6.07) is 11.6. The van der Waals surface area contributed by atoms with Crippen molar-refractivity contribution in [2.24, 2.45) is 0 Å². The molecule has 3 aromatic rings. The van der Waals surface area contributed by atoms with E-state index in [2.05, 4.69) is 15.5 Å². The van der Waals surface area contributed by atoms with Crippen LogP contribution >= 0.6 is 23.4 Å². The zero-order valence-electron chi connectivity index (χ0n) is 15.3. The molecule has 8 heteroatoms. The van der Waals surface area contributed by atoms with Gasteiger partial charge in [-0.2, -0.15) is 0 Å². The van der Waals surface area contributed by atoms with Crippen LogP contribution in [0.4, 0.5) is 5.69 Å². The van der Waals surface area contributed by atoms with Gasteiger partial charge in [0, 0.05) is 5.56 Å². The second-order valence-electron chi connectivity index (χ2n) is 6.27. The van der Waals surface area contributed by atoms with E-state index >= 15 is 0 Å². The number of rotatable bonds is 5. The van der Waals surface area contributed by atoms with Crippen molar-refractivity contribution >= 4 is 35.0 Å². The normalized spacial score (nSPS) is 10.8. The summed E-state index contributed by atoms with van der Waals surface area (Å²) in [5.41, 5.74) is 4.55. The first-order chi connectivity index (χ1) is 12.9. The van der Waals surface area contributed by atoms with Crippen LogP contribution in [0.25, 0.3) is 11.4 Å². The molecule has 0 aliphatic rings. The first-order valence-electron chi connectivity index (χ1n) is 8.32. The number of carbonyl (C=O) groups excluding carboxylic acids is 1. The van der Waals surface area contributed by atoms with Crippen molar-refractivity contribution in [3.05, 3.63) is 58.1 Å². The topological polar surface area (TPSA) is 85.8 Å². The van der Waals surface area contributed by atoms with Crippen molar-refractivity contribution in [2.75, 3.05) is 16.9 Å². The summed E-state index contributed by atoms with van der Waals surface area (Å²) in [4.78, 5) is 12.3. The predicted octanol–water partition coefficient (Wildman–Crippen LogP) is 3.97. The number of thioether (sulfide) groups is 1. The van der Waals surface area contributed by atoms with Gasteiger partial charge in [-0.25, -0.2) is 4.68 Å². The predicted molar refractivity (Wildman–Crippen MR) is 111 cm³/mol. The number of amides is 1. The summed E-state index contributed by atoms with van der Waals surface area (Å²) in [6.07, 6.45) is 0. The Morgan fingerprint density at radius 2 is 1.93 bits per heavy atom. The van der Waals surface area contributed by atoms with Crippen LogP contribution in [-0.2, 0) is 4.79 Å². The van der Waals surface area contributed by atoms with E-state index in [9.17, 15) is 4.79 Å². The van der Waals surface area contributed by atoms with Crippen LogP contribution < -0.4 is 11.2 Å². The second kappa shape index (κ2) is 8.02. The molecule has 2 aromatic carbocycles. The Hall–Kier alpha value is -2.51. The smallest absolute Gasteiger partial charge is 0.234 e. The molecule has 140 valence electrons. The highest BCUT2D eigenvalue weighted by molar-refractivity contribution is 7.99. The molecule has 0 spiro atoms. The van der Waals surface area contributed by atoms with Crippen LogP contribution in [-0.4, -0.2) is 26.5 Å². The Morgan fingerprint density at radius 1 is 1.19 bits per heavy atom. The number of aromatic nitrogens is 3. The molecule has 27 heavy (non-hydrogen) atoms. The SMILES string of the molecule is Cc1cc(C)c(NC(=O)CSc2nnc(-c3ccccc3C)n2N)c(Cl)c1. The molecular weight excluding hydrogens is 382 g/mol. The third-order valence-corrected chi connectivity index (χ3v) is 5.32. The van der Waals surface area contributed by atoms with Gasteiger partial charge in [0.2, 0.25) is 11.1 Å². The third kappa shape index (κ3) is 4.26. The number of benzene rings is 2. The Bertz CT molecular complexity index is 979. The van der Waals surface area contributed by atoms with Gasteiger partial charge in [0.15, 0.2) is 5.82 Å². The molecule has 0 fully saturated rings. The van der Waals surface area contributed by atoms with Crippen molar-refractivity contribution in [2.45, 2.75) is 25.9 Å². The lowest BCUT2D eigenvalue weighted by Crippen LogP contribution is -2.17. The van der Waals surface area contributed by atoms with E-state index in [0.717, 1.165) is 22.3 Å². The van der Waals surface area contributed by atoms with Crippen molar-refractivity contribution in [3.63, 3.8) is 0 Å². The number of nitrogens with zero attached hydrogens (tertiary/aromatic N) is 3. The molecule has 0 saturated heterocycles. The number of hydrogen-bond donors (Lipinski definition) is 2. The number of nitrogen functional groups attached to an aromatic ring is 1. The minimum atomic E-state index is -0.186. The first-order valence-corrected chi connectivity index (χ1v) is 9.69. The Balaban J connectivity index is 1.69. The fourth-order valence-corrected chi connectivity index (χ4v) is 3.79. The molecule has 1 aromatic heterocycles. The molecule has 0 unspecified atom stereocenters. The first kappa shape index (κ1) is 19.3. The number of hydrogen-bond acceptors (Lipinski definition) is 5. The highest BCUT2D eigenvalue weighted by atomic mass is 35.5. The fraction of sp³-hybridized carbons (Fsp3) is 0.211. The van der Waals surface area contributed by atoms with Crippen LogP contribution in [0, 0.1) is 20.8 Å². The zero-order valence-corrected chi connectivity index (χ0v) is 16.9. The standard InChI is InChI=1S/C19H20ClN5OS/c1-11-8-13(3)17(15(20)9-11)22-16(26)10-27-19-24-23-18(25(19)21)14-7-5-4-6-12(14)2/h4-9H,10,21H2,1-3H3,(H,22,26). The fourth-order valence-electron chi connectivity index (χ4n) is 2.76. The van der Waals surface area contributed by atoms with Gasteiger partial charge in [-0.05, 0) is 43.5 Å². The molecule has 0 bridgehead atoms. The monoisotopic (exact) mass is 401 g/mol. The lowest BCUT2D eigenvalue weighted by atomic mass is 10.1. The maximum atomic E-state index is 12.3. The number of halogens is 1. The summed E-state index contributed by atoms with van der Waals surface area (Å²) in [5, 5.41) is 12.1. The van der Waals surface area contributed by atoms with E-state index in [0.29, 0.717) is 21.7 Å². The Labute approximate surface area is 167 Å². The molecule has 6 nitrogen and oxygen atoms in total. The quantitative estimate of drug-likeness (QED) is 0.499. The molecule has 0 aliphatic carbocycles. The zero-order chi connectivity index (χ0) is 19.6. The molecule has 0 saturated carbocycles. The minimum Gasteiger partial charge on any atom is -0.335 e. The van der Waals surface area contributed by atoms with Crippen molar-refractivity contribution < 1.29 is 4.79 Å². The summed E-state index contributed by atoms with van der Waals surface area (Å²) in [5.74, 6) is 6.65. The molecule has 3 N–H and O–H groups in total. The summed E-state index contributed by atoms with van der Waals surface area (Å²) >= 11 is 7.46. The molecule has 1 amide bonds. The van der Waals surface area contributed by atoms with Gasteiger partial charge in [0.1, 0.15) is 0 Å². The molecule has 0 aliphatic heterocycles. The lowest BCUT2D eigenvalue weighted by molar-refractivity contribution is -0.113. The molecule has 0 radical (unpaired) electrons. The largest absolute Gasteiger partial charge is 0.335 e. The highest BCUT2D eigenvalue weighted by Gasteiger charge is 2.16. The van der Waals surface area contributed by atoms with Crippen LogP contribution in [0.3, 0.4) is 0 Å². The average Bonchev–Trinajstić information content (AvgIpc) is 2.97. The van der Waals surface area contributed by atoms with E-state index in [1.54, 1.807) is 0 Å².